The van der Waals surface area contributed by atoms with Crippen LogP contribution in [0.4, 0.5) is 11.4 Å². The molecule has 0 spiro atoms. The molecule has 1 aromatic heterocycles. The summed E-state index contributed by atoms with van der Waals surface area (Å²) in [5.74, 6) is 0. The van der Waals surface area contributed by atoms with Crippen LogP contribution in [0.5, 0.6) is 0 Å². The van der Waals surface area contributed by atoms with Gasteiger partial charge in [0.25, 0.3) is 0 Å². The van der Waals surface area contributed by atoms with Crippen LogP contribution >= 0.6 is 0 Å². The Hall–Kier alpha value is -1.97. The molecule has 112 valence electrons. The van der Waals surface area contributed by atoms with Gasteiger partial charge in [-0.05, 0) is 50.5 Å². The van der Waals surface area contributed by atoms with Crippen molar-refractivity contribution in [1.29, 1.82) is 0 Å². The van der Waals surface area contributed by atoms with Crippen molar-refractivity contribution in [3.05, 3.63) is 41.2 Å². The topological polar surface area (TPSA) is 33.1 Å². The Morgan fingerprint density at radius 1 is 1.19 bits per heavy atom. The summed E-state index contributed by atoms with van der Waals surface area (Å²) in [5.41, 5.74) is 6.21. The Kier molecular flexibility index (Phi) is 3.86. The molecule has 4 heteroatoms. The van der Waals surface area contributed by atoms with Gasteiger partial charge in [-0.2, -0.15) is 5.10 Å². The smallest absolute Gasteiger partial charge is 0.0643 e. The molecular formula is C17H24N4. The normalized spacial score (nSPS) is 14.7. The monoisotopic (exact) mass is 284 g/mol. The minimum Gasteiger partial charge on any atom is -0.381 e. The summed E-state index contributed by atoms with van der Waals surface area (Å²) in [5, 5.41) is 7.91. The lowest BCUT2D eigenvalue weighted by Gasteiger charge is -2.19. The summed E-state index contributed by atoms with van der Waals surface area (Å²) in [6, 6.07) is 6.73. The number of hydrogen-bond acceptors (Lipinski definition) is 3. The second kappa shape index (κ2) is 5.80. The molecule has 1 fully saturated rings. The summed E-state index contributed by atoms with van der Waals surface area (Å²) in [7, 11) is 1.96. The van der Waals surface area contributed by atoms with Crippen LogP contribution in [0, 0.1) is 13.8 Å². The van der Waals surface area contributed by atoms with Crippen LogP contribution in [0.15, 0.2) is 24.4 Å². The zero-order chi connectivity index (χ0) is 14.8. The third-order valence-electron chi connectivity index (χ3n) is 4.27. The molecule has 0 bridgehead atoms. The van der Waals surface area contributed by atoms with Gasteiger partial charge in [-0.25, -0.2) is 0 Å². The number of aryl methyl sites for hydroxylation is 3. The maximum atomic E-state index is 4.38. The van der Waals surface area contributed by atoms with E-state index in [1.807, 2.05) is 11.7 Å². The summed E-state index contributed by atoms with van der Waals surface area (Å²) in [6.45, 7) is 7.45. The SMILES string of the molecule is Cc1cc(N2CCCC2)ccc1NCc1cn(C)nc1C. The second-order valence-corrected chi connectivity index (χ2v) is 5.96. The minimum atomic E-state index is 0.823. The maximum absolute atomic E-state index is 4.38. The molecule has 0 unspecified atom stereocenters. The molecular weight excluding hydrogens is 260 g/mol. The van der Waals surface area contributed by atoms with Crippen molar-refractivity contribution in [3.63, 3.8) is 0 Å². The van der Waals surface area contributed by atoms with Crippen molar-refractivity contribution in [2.75, 3.05) is 23.3 Å². The standard InChI is InChI=1S/C17H24N4/c1-13-10-16(21-8-4-5-9-21)6-7-17(13)18-11-15-12-20(3)19-14(15)2/h6-7,10,12,18H,4-5,8-9,11H2,1-3H3. The fraction of sp³-hybridized carbons (Fsp3) is 0.471. The number of nitrogens with one attached hydrogen (secondary N) is 1. The first kappa shape index (κ1) is 14.0. The molecule has 1 saturated heterocycles. The van der Waals surface area contributed by atoms with Crippen LogP contribution in [0.2, 0.25) is 0 Å². The first-order valence-electron chi connectivity index (χ1n) is 7.72. The van der Waals surface area contributed by atoms with Crippen molar-refractivity contribution in [2.24, 2.45) is 7.05 Å². The van der Waals surface area contributed by atoms with Gasteiger partial charge in [0.15, 0.2) is 0 Å². The molecule has 21 heavy (non-hydrogen) atoms. The lowest BCUT2D eigenvalue weighted by Crippen LogP contribution is -2.17. The Morgan fingerprint density at radius 2 is 1.95 bits per heavy atom. The Bertz CT molecular complexity index is 624. The predicted molar refractivity (Wildman–Crippen MR) is 87.9 cm³/mol. The molecule has 2 heterocycles. The summed E-state index contributed by atoms with van der Waals surface area (Å²) >= 11 is 0. The molecule has 1 aromatic carbocycles. The van der Waals surface area contributed by atoms with E-state index in [1.165, 1.54) is 48.4 Å². The fourth-order valence-corrected chi connectivity index (χ4v) is 3.03. The number of nitrogens with zero attached hydrogens (tertiary/aromatic N) is 3. The van der Waals surface area contributed by atoms with Crippen LogP contribution in [-0.2, 0) is 13.6 Å². The van der Waals surface area contributed by atoms with E-state index in [1.54, 1.807) is 0 Å². The van der Waals surface area contributed by atoms with Crippen LogP contribution < -0.4 is 10.2 Å². The number of aromatic nitrogens is 2. The molecule has 0 radical (unpaired) electrons. The third kappa shape index (κ3) is 3.04. The van der Waals surface area contributed by atoms with E-state index >= 15 is 0 Å². The zero-order valence-electron chi connectivity index (χ0n) is 13.2. The Labute approximate surface area is 126 Å². The van der Waals surface area contributed by atoms with Crippen molar-refractivity contribution < 1.29 is 0 Å². The molecule has 0 amide bonds. The number of rotatable bonds is 4. The van der Waals surface area contributed by atoms with Crippen LogP contribution in [-0.4, -0.2) is 22.9 Å². The molecule has 1 aliphatic rings. The van der Waals surface area contributed by atoms with Gasteiger partial charge in [0, 0.05) is 49.8 Å². The van der Waals surface area contributed by atoms with Crippen LogP contribution in [0.1, 0.15) is 29.7 Å². The average Bonchev–Trinajstić information content (AvgIpc) is 3.07. The van der Waals surface area contributed by atoms with E-state index in [4.69, 9.17) is 0 Å². The van der Waals surface area contributed by atoms with Gasteiger partial charge >= 0.3 is 0 Å². The highest BCUT2D eigenvalue weighted by atomic mass is 15.2. The van der Waals surface area contributed by atoms with E-state index < -0.39 is 0 Å². The fourth-order valence-electron chi connectivity index (χ4n) is 3.03. The van der Waals surface area contributed by atoms with Crippen molar-refractivity contribution in [3.8, 4) is 0 Å². The first-order valence-corrected chi connectivity index (χ1v) is 7.72. The van der Waals surface area contributed by atoms with Gasteiger partial charge in [0.05, 0.1) is 5.69 Å². The highest BCUT2D eigenvalue weighted by Crippen LogP contribution is 2.25. The van der Waals surface area contributed by atoms with Gasteiger partial charge in [0.1, 0.15) is 0 Å². The van der Waals surface area contributed by atoms with Crippen molar-refractivity contribution in [2.45, 2.75) is 33.2 Å². The summed E-state index contributed by atoms with van der Waals surface area (Å²) in [4.78, 5) is 2.47. The molecule has 3 rings (SSSR count). The third-order valence-corrected chi connectivity index (χ3v) is 4.27. The highest BCUT2D eigenvalue weighted by Gasteiger charge is 2.13. The zero-order valence-corrected chi connectivity index (χ0v) is 13.2. The lowest BCUT2D eigenvalue weighted by molar-refractivity contribution is 0.756. The highest BCUT2D eigenvalue weighted by molar-refractivity contribution is 5.60. The summed E-state index contributed by atoms with van der Waals surface area (Å²) in [6.07, 6.45) is 4.72. The van der Waals surface area contributed by atoms with Crippen LogP contribution in [0.25, 0.3) is 0 Å². The van der Waals surface area contributed by atoms with Gasteiger partial charge in [-0.15, -0.1) is 0 Å². The van der Waals surface area contributed by atoms with Crippen molar-refractivity contribution in [1.82, 2.24) is 9.78 Å². The molecule has 4 nitrogen and oxygen atoms in total. The summed E-state index contributed by atoms with van der Waals surface area (Å²) < 4.78 is 1.87. The van der Waals surface area contributed by atoms with E-state index in [0.717, 1.165) is 12.2 Å². The van der Waals surface area contributed by atoms with E-state index in [-0.39, 0.29) is 0 Å². The van der Waals surface area contributed by atoms with E-state index in [0.29, 0.717) is 0 Å². The second-order valence-electron chi connectivity index (χ2n) is 5.96. The largest absolute Gasteiger partial charge is 0.381 e. The predicted octanol–water partition coefficient (Wildman–Crippen LogP) is 3.25. The van der Waals surface area contributed by atoms with Gasteiger partial charge in [-0.1, -0.05) is 0 Å². The number of hydrogen-bond donors (Lipinski definition) is 1. The first-order chi connectivity index (χ1) is 10.1. The van der Waals surface area contributed by atoms with Gasteiger partial charge in [-0.3, -0.25) is 4.68 Å². The number of anilines is 2. The molecule has 2 aromatic rings. The average molecular weight is 284 g/mol. The molecule has 0 aliphatic carbocycles. The maximum Gasteiger partial charge on any atom is 0.0643 e. The van der Waals surface area contributed by atoms with Crippen LogP contribution in [0.3, 0.4) is 0 Å². The Balaban J connectivity index is 1.69. The van der Waals surface area contributed by atoms with E-state index in [9.17, 15) is 0 Å². The minimum absolute atomic E-state index is 0.823. The molecule has 1 N–H and O–H groups in total. The molecule has 0 atom stereocenters. The Morgan fingerprint density at radius 3 is 2.57 bits per heavy atom. The molecule has 0 saturated carbocycles. The lowest BCUT2D eigenvalue weighted by atomic mass is 10.1. The van der Waals surface area contributed by atoms with Crippen molar-refractivity contribution >= 4 is 11.4 Å². The molecule has 1 aliphatic heterocycles. The quantitative estimate of drug-likeness (QED) is 0.935. The van der Waals surface area contributed by atoms with Gasteiger partial charge < -0.3 is 10.2 Å². The number of benzene rings is 1. The van der Waals surface area contributed by atoms with Gasteiger partial charge in [0.2, 0.25) is 0 Å². The van der Waals surface area contributed by atoms with E-state index in [2.05, 4.69) is 53.6 Å².